The number of rotatable bonds is 4. The van der Waals surface area contributed by atoms with E-state index in [1.54, 1.807) is 0 Å². The zero-order chi connectivity index (χ0) is 21.9. The Bertz CT molecular complexity index is 1380. The molecule has 4 atom stereocenters. The summed E-state index contributed by atoms with van der Waals surface area (Å²) < 4.78 is 5.77. The van der Waals surface area contributed by atoms with Crippen molar-refractivity contribution in [1.29, 1.82) is 0 Å². The fourth-order valence-electron chi connectivity index (χ4n) is 6.84. The van der Waals surface area contributed by atoms with Gasteiger partial charge in [-0.2, -0.15) is 0 Å². The fourth-order valence-corrected chi connectivity index (χ4v) is 6.84. The highest BCUT2D eigenvalue weighted by molar-refractivity contribution is 6.01. The van der Waals surface area contributed by atoms with E-state index in [1.165, 1.54) is 31.5 Å². The van der Waals surface area contributed by atoms with Crippen LogP contribution in [0.3, 0.4) is 0 Å². The number of aromatic nitrogens is 2. The second-order valence-corrected chi connectivity index (χ2v) is 10.1. The summed E-state index contributed by atoms with van der Waals surface area (Å²) in [5, 5.41) is 0.910. The monoisotopic (exact) mass is 440 g/mol. The van der Waals surface area contributed by atoms with Crippen LogP contribution < -0.4 is 5.56 Å². The Morgan fingerprint density at radius 3 is 2.67 bits per heavy atom. The molecule has 0 spiro atoms. The maximum atomic E-state index is 12.8. The summed E-state index contributed by atoms with van der Waals surface area (Å²) in [6, 6.07) is 19.2. The van der Waals surface area contributed by atoms with E-state index in [0.717, 1.165) is 36.1 Å². The summed E-state index contributed by atoms with van der Waals surface area (Å²) in [5.74, 6) is 3.01. The average molecular weight is 441 g/mol. The van der Waals surface area contributed by atoms with Crippen molar-refractivity contribution in [3.8, 4) is 0 Å². The summed E-state index contributed by atoms with van der Waals surface area (Å²) in [6.45, 7) is 5.25. The lowest BCUT2D eigenvalue weighted by Crippen LogP contribution is -2.56. The zero-order valence-electron chi connectivity index (χ0n) is 18.6. The van der Waals surface area contributed by atoms with Crippen molar-refractivity contribution in [2.45, 2.75) is 32.0 Å². The fraction of sp³-hybridized carbons (Fsp3) is 0.407. The molecule has 6 heteroatoms. The van der Waals surface area contributed by atoms with Crippen LogP contribution in [0.5, 0.6) is 0 Å². The molecule has 4 aromatic rings. The van der Waals surface area contributed by atoms with Crippen LogP contribution in [0.15, 0.2) is 63.8 Å². The second-order valence-electron chi connectivity index (χ2n) is 10.1. The van der Waals surface area contributed by atoms with Crippen molar-refractivity contribution in [3.05, 3.63) is 76.3 Å². The predicted octanol–water partition coefficient (Wildman–Crippen LogP) is 4.01. The van der Waals surface area contributed by atoms with Gasteiger partial charge in [-0.25, -0.2) is 4.98 Å². The third-order valence-electron chi connectivity index (χ3n) is 8.24. The normalized spacial score (nSPS) is 27.5. The van der Waals surface area contributed by atoms with Gasteiger partial charge in [-0.05, 0) is 48.3 Å². The van der Waals surface area contributed by atoms with Gasteiger partial charge < -0.3 is 9.40 Å². The maximum Gasteiger partial charge on any atom is 0.294 e. The molecular formula is C27H28N4O2. The van der Waals surface area contributed by atoms with Crippen LogP contribution in [0.2, 0.25) is 0 Å². The van der Waals surface area contributed by atoms with Crippen molar-refractivity contribution < 1.29 is 4.42 Å². The van der Waals surface area contributed by atoms with Crippen LogP contribution in [-0.4, -0.2) is 45.4 Å². The van der Waals surface area contributed by atoms with E-state index in [2.05, 4.69) is 45.1 Å². The van der Waals surface area contributed by atoms with Gasteiger partial charge in [0, 0.05) is 37.6 Å². The number of benzene rings is 2. The average Bonchev–Trinajstić information content (AvgIpc) is 3.43. The van der Waals surface area contributed by atoms with E-state index in [9.17, 15) is 4.79 Å². The molecule has 8 rings (SSSR count). The van der Waals surface area contributed by atoms with Crippen LogP contribution in [0, 0.1) is 17.8 Å². The molecule has 1 saturated carbocycles. The molecule has 3 saturated heterocycles. The third kappa shape index (κ3) is 3.23. The molecule has 3 aliphatic heterocycles. The molecule has 33 heavy (non-hydrogen) atoms. The number of hydrogen-bond acceptors (Lipinski definition) is 5. The summed E-state index contributed by atoms with van der Waals surface area (Å²) >= 11 is 0. The molecule has 168 valence electrons. The van der Waals surface area contributed by atoms with Crippen molar-refractivity contribution in [2.75, 3.05) is 19.6 Å². The van der Waals surface area contributed by atoms with Gasteiger partial charge in [0.05, 0.1) is 6.54 Å². The third-order valence-corrected chi connectivity index (χ3v) is 8.24. The largest absolute Gasteiger partial charge is 0.449 e. The topological polar surface area (TPSA) is 65.4 Å². The van der Waals surface area contributed by atoms with Crippen LogP contribution in [0.4, 0.5) is 0 Å². The molecule has 4 aliphatic rings. The van der Waals surface area contributed by atoms with Crippen LogP contribution >= 0.6 is 0 Å². The van der Waals surface area contributed by atoms with Crippen molar-refractivity contribution in [1.82, 2.24) is 19.8 Å². The number of nitrogens with one attached hydrogen (secondary N) is 1. The minimum Gasteiger partial charge on any atom is -0.449 e. The Kier molecular flexibility index (Phi) is 4.45. The first-order valence-corrected chi connectivity index (χ1v) is 12.1. The number of para-hydroxylation sites is 1. The molecule has 1 N–H and O–H groups in total. The van der Waals surface area contributed by atoms with Crippen LogP contribution in [-0.2, 0) is 13.1 Å². The first-order valence-electron chi connectivity index (χ1n) is 12.1. The van der Waals surface area contributed by atoms with E-state index in [-0.39, 0.29) is 5.56 Å². The quantitative estimate of drug-likeness (QED) is 0.519. The summed E-state index contributed by atoms with van der Waals surface area (Å²) in [6.07, 6.45) is 2.59. The Morgan fingerprint density at radius 2 is 1.76 bits per heavy atom. The van der Waals surface area contributed by atoms with Gasteiger partial charge in [0.25, 0.3) is 5.56 Å². The Balaban J connectivity index is 1.14. The SMILES string of the molecule is O=c1[nH]c(CN2CC3CCC2C2CN(Cc4ccccc4)CC32)nc2c1oc1ccccc12. The van der Waals surface area contributed by atoms with E-state index >= 15 is 0 Å². The molecular weight excluding hydrogens is 412 g/mol. The van der Waals surface area contributed by atoms with E-state index < -0.39 is 0 Å². The van der Waals surface area contributed by atoms with Crippen molar-refractivity contribution >= 4 is 22.1 Å². The maximum absolute atomic E-state index is 12.8. The van der Waals surface area contributed by atoms with Gasteiger partial charge >= 0.3 is 0 Å². The molecule has 1 aliphatic carbocycles. The smallest absolute Gasteiger partial charge is 0.294 e. The first-order chi connectivity index (χ1) is 16.2. The molecule has 2 aromatic heterocycles. The zero-order valence-corrected chi connectivity index (χ0v) is 18.6. The van der Waals surface area contributed by atoms with Crippen molar-refractivity contribution in [2.24, 2.45) is 17.8 Å². The lowest BCUT2D eigenvalue weighted by Gasteiger charge is -2.52. The van der Waals surface area contributed by atoms with Gasteiger partial charge in [-0.3, -0.25) is 14.6 Å². The number of hydrogen-bond donors (Lipinski definition) is 1. The number of likely N-dealkylation sites (tertiary alicyclic amines) is 1. The Labute approximate surface area is 192 Å². The molecule has 4 unspecified atom stereocenters. The number of H-pyrrole nitrogens is 1. The summed E-state index contributed by atoms with van der Waals surface area (Å²) in [4.78, 5) is 25.9. The second kappa shape index (κ2) is 7.54. The predicted molar refractivity (Wildman–Crippen MR) is 128 cm³/mol. The molecule has 6 nitrogen and oxygen atoms in total. The van der Waals surface area contributed by atoms with Gasteiger partial charge in [0.1, 0.15) is 16.9 Å². The van der Waals surface area contributed by atoms with Gasteiger partial charge in [-0.1, -0.05) is 42.5 Å². The van der Waals surface area contributed by atoms with E-state index in [1.807, 2.05) is 24.3 Å². The molecule has 0 amide bonds. The van der Waals surface area contributed by atoms with Gasteiger partial charge in [0.15, 0.2) is 0 Å². The molecule has 2 bridgehead atoms. The minimum absolute atomic E-state index is 0.179. The van der Waals surface area contributed by atoms with Crippen LogP contribution in [0.1, 0.15) is 24.2 Å². The van der Waals surface area contributed by atoms with E-state index in [0.29, 0.717) is 35.2 Å². The first kappa shape index (κ1) is 19.5. The number of furan rings is 1. The van der Waals surface area contributed by atoms with E-state index in [4.69, 9.17) is 9.40 Å². The molecule has 4 fully saturated rings. The van der Waals surface area contributed by atoms with Gasteiger partial charge in [-0.15, -0.1) is 0 Å². The summed E-state index contributed by atoms with van der Waals surface area (Å²) in [5.41, 5.74) is 2.95. The number of fused-ring (bicyclic) bond motifs is 5. The Hall–Kier alpha value is -2.96. The molecule has 0 radical (unpaired) electrons. The standard InChI is InChI=1S/C27H28N4O2/c32-27-26-25(19-8-4-5-9-23(19)33-26)28-24(29-27)16-31-13-18-10-11-22(31)21-15-30(14-20(18)21)12-17-6-2-1-3-7-17/h1-9,18,20-22H,10-16H2,(H,28,29,32). The van der Waals surface area contributed by atoms with Crippen molar-refractivity contribution in [3.63, 3.8) is 0 Å². The molecule has 5 heterocycles. The highest BCUT2D eigenvalue weighted by Gasteiger charge is 2.51. The lowest BCUT2D eigenvalue weighted by atomic mass is 9.66. The molecule has 2 aromatic carbocycles. The van der Waals surface area contributed by atoms with Gasteiger partial charge in [0.2, 0.25) is 5.58 Å². The minimum atomic E-state index is -0.179. The summed E-state index contributed by atoms with van der Waals surface area (Å²) in [7, 11) is 0. The number of nitrogens with zero attached hydrogens (tertiary/aromatic N) is 3. The Morgan fingerprint density at radius 1 is 0.939 bits per heavy atom. The number of aromatic amines is 1. The number of piperidine rings is 2. The van der Waals surface area contributed by atoms with Crippen LogP contribution in [0.25, 0.3) is 22.1 Å². The highest BCUT2D eigenvalue weighted by atomic mass is 16.3. The lowest BCUT2D eigenvalue weighted by molar-refractivity contribution is -0.0316. The highest BCUT2D eigenvalue weighted by Crippen LogP contribution is 2.47.